The second-order valence-corrected chi connectivity index (χ2v) is 4.50. The van der Waals surface area contributed by atoms with E-state index >= 15 is 0 Å². The van der Waals surface area contributed by atoms with Crippen LogP contribution in [0.3, 0.4) is 0 Å². The Morgan fingerprint density at radius 3 is 2.37 bits per heavy atom. The molecule has 0 spiro atoms. The fourth-order valence-corrected chi connectivity index (χ4v) is 2.31. The standard InChI is InChI=1S/C15H17NO2S/c1-3-16-14(9-6-12(10-19)15(16)17)11-4-7-13(18-2)8-5-11/h4-9,19H,3,10H2,1-2H3. The van der Waals surface area contributed by atoms with Gasteiger partial charge in [0.2, 0.25) is 0 Å². The van der Waals surface area contributed by atoms with Gasteiger partial charge in [-0.25, -0.2) is 0 Å². The second-order valence-electron chi connectivity index (χ2n) is 4.18. The minimum absolute atomic E-state index is 0.0332. The van der Waals surface area contributed by atoms with Crippen molar-refractivity contribution in [2.75, 3.05) is 7.11 Å². The van der Waals surface area contributed by atoms with Crippen LogP contribution < -0.4 is 10.3 Å². The molecule has 4 heteroatoms. The van der Waals surface area contributed by atoms with Crippen LogP contribution in [0.1, 0.15) is 12.5 Å². The van der Waals surface area contributed by atoms with Crippen LogP contribution in [0.4, 0.5) is 0 Å². The minimum atomic E-state index is 0.0332. The maximum atomic E-state index is 12.2. The lowest BCUT2D eigenvalue weighted by molar-refractivity contribution is 0.415. The van der Waals surface area contributed by atoms with Gasteiger partial charge >= 0.3 is 0 Å². The summed E-state index contributed by atoms with van der Waals surface area (Å²) in [5.74, 6) is 1.27. The van der Waals surface area contributed by atoms with E-state index in [0.29, 0.717) is 12.3 Å². The summed E-state index contributed by atoms with van der Waals surface area (Å²) in [5.41, 5.74) is 2.68. The molecule has 2 rings (SSSR count). The zero-order valence-electron chi connectivity index (χ0n) is 11.1. The van der Waals surface area contributed by atoms with Crippen LogP contribution in [0.2, 0.25) is 0 Å². The molecule has 3 nitrogen and oxygen atoms in total. The smallest absolute Gasteiger partial charge is 0.255 e. The zero-order chi connectivity index (χ0) is 13.8. The average Bonchev–Trinajstić information content (AvgIpc) is 2.47. The SMILES string of the molecule is CCn1c(-c2ccc(OC)cc2)ccc(CS)c1=O. The number of hydrogen-bond acceptors (Lipinski definition) is 3. The fraction of sp³-hybridized carbons (Fsp3) is 0.267. The first-order valence-corrected chi connectivity index (χ1v) is 6.82. The Morgan fingerprint density at radius 1 is 1.16 bits per heavy atom. The largest absolute Gasteiger partial charge is 0.497 e. The van der Waals surface area contributed by atoms with Crippen LogP contribution in [0.25, 0.3) is 11.3 Å². The van der Waals surface area contributed by atoms with Crippen molar-refractivity contribution in [2.45, 2.75) is 19.2 Å². The van der Waals surface area contributed by atoms with Crippen molar-refractivity contribution >= 4 is 12.6 Å². The van der Waals surface area contributed by atoms with E-state index in [0.717, 1.165) is 22.6 Å². The second kappa shape index (κ2) is 5.97. The van der Waals surface area contributed by atoms with Gasteiger partial charge in [0.25, 0.3) is 5.56 Å². The summed E-state index contributed by atoms with van der Waals surface area (Å²) >= 11 is 4.18. The molecule has 1 heterocycles. The van der Waals surface area contributed by atoms with Gasteiger partial charge in [-0.15, -0.1) is 0 Å². The van der Waals surface area contributed by atoms with Crippen LogP contribution in [-0.4, -0.2) is 11.7 Å². The number of rotatable bonds is 4. The van der Waals surface area contributed by atoms with Crippen molar-refractivity contribution in [3.05, 3.63) is 52.3 Å². The highest BCUT2D eigenvalue weighted by Gasteiger charge is 2.08. The Balaban J connectivity index is 2.55. The maximum Gasteiger partial charge on any atom is 0.255 e. The highest BCUT2D eigenvalue weighted by Crippen LogP contribution is 2.21. The number of pyridine rings is 1. The number of benzene rings is 1. The molecule has 19 heavy (non-hydrogen) atoms. The van der Waals surface area contributed by atoms with E-state index in [2.05, 4.69) is 12.6 Å². The van der Waals surface area contributed by atoms with Gasteiger partial charge in [-0.1, -0.05) is 6.07 Å². The molecule has 0 aliphatic carbocycles. The molecule has 0 amide bonds. The fourth-order valence-electron chi connectivity index (χ4n) is 2.07. The molecule has 0 N–H and O–H groups in total. The summed E-state index contributed by atoms with van der Waals surface area (Å²) in [6.45, 7) is 2.61. The third kappa shape index (κ3) is 2.68. The van der Waals surface area contributed by atoms with Crippen molar-refractivity contribution in [1.29, 1.82) is 0 Å². The number of hydrogen-bond donors (Lipinski definition) is 1. The van der Waals surface area contributed by atoms with E-state index in [-0.39, 0.29) is 5.56 Å². The van der Waals surface area contributed by atoms with Crippen molar-refractivity contribution in [1.82, 2.24) is 4.57 Å². The third-order valence-corrected chi connectivity index (χ3v) is 3.47. The van der Waals surface area contributed by atoms with Crippen LogP contribution in [0.5, 0.6) is 5.75 Å². The van der Waals surface area contributed by atoms with E-state index in [1.165, 1.54) is 0 Å². The lowest BCUT2D eigenvalue weighted by atomic mass is 10.1. The summed E-state index contributed by atoms with van der Waals surface area (Å²) in [5, 5.41) is 0. The summed E-state index contributed by atoms with van der Waals surface area (Å²) < 4.78 is 6.91. The molecule has 0 atom stereocenters. The van der Waals surface area contributed by atoms with E-state index in [1.807, 2.05) is 43.3 Å². The first kappa shape index (κ1) is 13.7. The predicted octanol–water partition coefficient (Wildman–Crippen LogP) is 2.97. The van der Waals surface area contributed by atoms with E-state index in [1.54, 1.807) is 11.7 Å². The normalized spacial score (nSPS) is 10.5. The quantitative estimate of drug-likeness (QED) is 0.870. The molecule has 0 unspecified atom stereocenters. The molecule has 0 aliphatic heterocycles. The van der Waals surface area contributed by atoms with Crippen LogP contribution in [0.15, 0.2) is 41.2 Å². The highest BCUT2D eigenvalue weighted by molar-refractivity contribution is 7.79. The van der Waals surface area contributed by atoms with Gasteiger partial charge in [0, 0.05) is 17.9 Å². The van der Waals surface area contributed by atoms with Gasteiger partial charge in [-0.3, -0.25) is 4.79 Å². The van der Waals surface area contributed by atoms with Gasteiger partial charge < -0.3 is 9.30 Å². The third-order valence-electron chi connectivity index (χ3n) is 3.13. The Bertz CT molecular complexity index is 617. The van der Waals surface area contributed by atoms with Gasteiger partial charge in [0.15, 0.2) is 0 Å². The van der Waals surface area contributed by atoms with Crippen molar-refractivity contribution < 1.29 is 4.74 Å². The van der Waals surface area contributed by atoms with Crippen molar-refractivity contribution in [3.63, 3.8) is 0 Å². The Hall–Kier alpha value is -1.68. The molecule has 1 aromatic carbocycles. The predicted molar refractivity (Wildman–Crippen MR) is 81.1 cm³/mol. The molecule has 0 radical (unpaired) electrons. The molecule has 1 aromatic heterocycles. The highest BCUT2D eigenvalue weighted by atomic mass is 32.1. The average molecular weight is 275 g/mol. The number of methoxy groups -OCH3 is 1. The number of thiol groups is 1. The molecule has 0 saturated carbocycles. The molecule has 0 bridgehead atoms. The molecular weight excluding hydrogens is 258 g/mol. The Morgan fingerprint density at radius 2 is 1.84 bits per heavy atom. The van der Waals surface area contributed by atoms with Crippen molar-refractivity contribution in [3.8, 4) is 17.0 Å². The van der Waals surface area contributed by atoms with Gasteiger partial charge in [0.1, 0.15) is 5.75 Å². The van der Waals surface area contributed by atoms with Crippen LogP contribution in [0, 0.1) is 0 Å². The number of nitrogens with zero attached hydrogens (tertiary/aromatic N) is 1. The van der Waals surface area contributed by atoms with E-state index < -0.39 is 0 Å². The van der Waals surface area contributed by atoms with Crippen LogP contribution >= 0.6 is 12.6 Å². The molecule has 2 aromatic rings. The molecule has 0 aliphatic rings. The molecular formula is C15H17NO2S. The summed E-state index contributed by atoms with van der Waals surface area (Å²) in [4.78, 5) is 12.2. The Labute approximate surface area is 118 Å². The van der Waals surface area contributed by atoms with Gasteiger partial charge in [-0.2, -0.15) is 12.6 Å². The first-order valence-electron chi connectivity index (χ1n) is 6.19. The topological polar surface area (TPSA) is 31.2 Å². The monoisotopic (exact) mass is 275 g/mol. The van der Waals surface area contributed by atoms with E-state index in [9.17, 15) is 4.79 Å². The zero-order valence-corrected chi connectivity index (χ0v) is 12.0. The summed E-state index contributed by atoms with van der Waals surface area (Å²) in [6, 6.07) is 11.5. The number of ether oxygens (including phenoxy) is 1. The van der Waals surface area contributed by atoms with Gasteiger partial charge in [-0.05, 0) is 42.8 Å². The maximum absolute atomic E-state index is 12.2. The number of aromatic nitrogens is 1. The minimum Gasteiger partial charge on any atom is -0.497 e. The van der Waals surface area contributed by atoms with Gasteiger partial charge in [0.05, 0.1) is 12.8 Å². The molecule has 0 saturated heterocycles. The lowest BCUT2D eigenvalue weighted by Crippen LogP contribution is -2.23. The van der Waals surface area contributed by atoms with Crippen LogP contribution in [-0.2, 0) is 12.3 Å². The van der Waals surface area contributed by atoms with Crippen molar-refractivity contribution in [2.24, 2.45) is 0 Å². The first-order chi connectivity index (χ1) is 9.21. The molecule has 0 fully saturated rings. The summed E-state index contributed by atoms with van der Waals surface area (Å²) in [7, 11) is 1.64. The Kier molecular flexibility index (Phi) is 4.32. The van der Waals surface area contributed by atoms with E-state index in [4.69, 9.17) is 4.74 Å². The summed E-state index contributed by atoms with van der Waals surface area (Å²) in [6.07, 6.45) is 0. The molecule has 100 valence electrons. The lowest BCUT2D eigenvalue weighted by Gasteiger charge is -2.13.